The highest BCUT2D eigenvalue weighted by molar-refractivity contribution is 5.42. The van der Waals surface area contributed by atoms with Gasteiger partial charge in [0.05, 0.1) is 13.2 Å². The lowest BCUT2D eigenvalue weighted by Crippen LogP contribution is -2.49. The smallest absolute Gasteiger partial charge is 0.125 e. The first kappa shape index (κ1) is 14.5. The molecule has 2 unspecified atom stereocenters. The van der Waals surface area contributed by atoms with E-state index in [4.69, 9.17) is 9.47 Å². The van der Waals surface area contributed by atoms with Crippen LogP contribution in [0.5, 0.6) is 5.75 Å². The maximum Gasteiger partial charge on any atom is 0.125 e. The molecule has 1 N–H and O–H groups in total. The molecule has 0 aliphatic carbocycles. The van der Waals surface area contributed by atoms with Gasteiger partial charge in [-0.15, -0.1) is 0 Å². The van der Waals surface area contributed by atoms with E-state index in [2.05, 4.69) is 35.3 Å². The molecule has 4 heteroatoms. The zero-order valence-corrected chi connectivity index (χ0v) is 13.4. The van der Waals surface area contributed by atoms with Crippen LogP contribution in [0.4, 0.5) is 0 Å². The summed E-state index contributed by atoms with van der Waals surface area (Å²) in [4.78, 5) is 2.59. The molecule has 2 fully saturated rings. The minimum atomic E-state index is -0.0116. The third-order valence-corrected chi connectivity index (χ3v) is 5.43. The first-order valence-electron chi connectivity index (χ1n) is 8.64. The van der Waals surface area contributed by atoms with Crippen molar-refractivity contribution in [2.24, 2.45) is 0 Å². The summed E-state index contributed by atoms with van der Waals surface area (Å²) < 4.78 is 12.1. The number of hydrogen-bond donors (Lipinski definition) is 1. The van der Waals surface area contributed by atoms with Gasteiger partial charge in [0.15, 0.2) is 0 Å². The van der Waals surface area contributed by atoms with Gasteiger partial charge in [-0.1, -0.05) is 19.1 Å². The molecule has 4 nitrogen and oxygen atoms in total. The summed E-state index contributed by atoms with van der Waals surface area (Å²) in [5, 5.41) is 3.50. The van der Waals surface area contributed by atoms with Crippen molar-refractivity contribution in [1.29, 1.82) is 0 Å². The second-order valence-corrected chi connectivity index (χ2v) is 6.81. The fourth-order valence-corrected chi connectivity index (χ4v) is 4.10. The van der Waals surface area contributed by atoms with E-state index >= 15 is 0 Å². The van der Waals surface area contributed by atoms with Crippen LogP contribution in [-0.2, 0) is 11.2 Å². The molecule has 1 spiro atoms. The summed E-state index contributed by atoms with van der Waals surface area (Å²) in [7, 11) is 0. The Morgan fingerprint density at radius 3 is 2.91 bits per heavy atom. The normalized spacial score (nSPS) is 32.0. The molecule has 1 aromatic rings. The minimum absolute atomic E-state index is 0.0116. The number of benzene rings is 1. The number of rotatable bonds is 2. The highest BCUT2D eigenvalue weighted by Gasteiger charge is 2.45. The third kappa shape index (κ3) is 2.53. The van der Waals surface area contributed by atoms with E-state index in [-0.39, 0.29) is 5.60 Å². The minimum Gasteiger partial charge on any atom is -0.485 e. The molecule has 120 valence electrons. The Morgan fingerprint density at radius 2 is 2.18 bits per heavy atom. The van der Waals surface area contributed by atoms with E-state index in [1.54, 1.807) is 0 Å². The molecular weight excluding hydrogens is 276 g/mol. The standard InChI is InChI=1S/C18H26N2O2/c1-2-14-3-4-15-16(20-7-9-21-10-8-20)12-18(5-6-19-13-18)22-17(15)11-14/h3-4,11,16,19H,2,5-10,12-13H2,1H3. The SMILES string of the molecule is CCc1ccc2c(c1)OC1(CCNC1)CC2N1CCOCC1. The molecule has 1 aromatic carbocycles. The topological polar surface area (TPSA) is 33.7 Å². The maximum atomic E-state index is 6.52. The van der Waals surface area contributed by atoms with Crippen LogP contribution in [0.2, 0.25) is 0 Å². The van der Waals surface area contributed by atoms with Crippen molar-refractivity contribution in [3.63, 3.8) is 0 Å². The zero-order chi connectivity index (χ0) is 15.0. The average Bonchev–Trinajstić information content (AvgIpc) is 3.02. The maximum absolute atomic E-state index is 6.52. The number of hydrogen-bond acceptors (Lipinski definition) is 4. The molecule has 2 saturated heterocycles. The van der Waals surface area contributed by atoms with E-state index in [1.807, 2.05) is 0 Å². The molecule has 0 aromatic heterocycles. The molecule has 0 radical (unpaired) electrons. The molecule has 0 saturated carbocycles. The van der Waals surface area contributed by atoms with E-state index in [0.717, 1.165) is 64.4 Å². The van der Waals surface area contributed by atoms with E-state index in [1.165, 1.54) is 11.1 Å². The quantitative estimate of drug-likeness (QED) is 0.907. The fraction of sp³-hybridized carbons (Fsp3) is 0.667. The van der Waals surface area contributed by atoms with Gasteiger partial charge >= 0.3 is 0 Å². The Bertz CT molecular complexity index is 534. The lowest BCUT2D eigenvalue weighted by Gasteiger charge is -2.45. The first-order chi connectivity index (χ1) is 10.8. The van der Waals surface area contributed by atoms with Crippen LogP contribution < -0.4 is 10.1 Å². The molecule has 2 atom stereocenters. The van der Waals surface area contributed by atoms with Gasteiger partial charge in [0.2, 0.25) is 0 Å². The van der Waals surface area contributed by atoms with Gasteiger partial charge in [-0.25, -0.2) is 0 Å². The Hall–Kier alpha value is -1.10. The van der Waals surface area contributed by atoms with Crippen molar-refractivity contribution >= 4 is 0 Å². The monoisotopic (exact) mass is 302 g/mol. The predicted octanol–water partition coefficient (Wildman–Crippen LogP) is 2.14. The fourth-order valence-electron chi connectivity index (χ4n) is 4.10. The zero-order valence-electron chi connectivity index (χ0n) is 13.4. The number of fused-ring (bicyclic) bond motifs is 1. The van der Waals surface area contributed by atoms with Crippen molar-refractivity contribution < 1.29 is 9.47 Å². The molecule has 3 aliphatic rings. The Balaban J connectivity index is 1.70. The number of ether oxygens (including phenoxy) is 2. The largest absolute Gasteiger partial charge is 0.485 e. The summed E-state index contributed by atoms with van der Waals surface area (Å²) in [5.74, 6) is 1.12. The van der Waals surface area contributed by atoms with Crippen LogP contribution in [0, 0.1) is 0 Å². The second kappa shape index (κ2) is 5.84. The van der Waals surface area contributed by atoms with E-state index in [9.17, 15) is 0 Å². The van der Waals surface area contributed by atoms with Gasteiger partial charge in [-0.3, -0.25) is 4.90 Å². The van der Waals surface area contributed by atoms with Crippen LogP contribution in [0.1, 0.15) is 36.9 Å². The number of nitrogens with one attached hydrogen (secondary N) is 1. The lowest BCUT2D eigenvalue weighted by molar-refractivity contribution is -0.0258. The summed E-state index contributed by atoms with van der Waals surface area (Å²) in [6.45, 7) is 8.02. The van der Waals surface area contributed by atoms with Crippen molar-refractivity contribution in [2.75, 3.05) is 39.4 Å². The summed E-state index contributed by atoms with van der Waals surface area (Å²) in [5.41, 5.74) is 2.72. The highest BCUT2D eigenvalue weighted by atomic mass is 16.5. The van der Waals surface area contributed by atoms with Crippen LogP contribution in [0.25, 0.3) is 0 Å². The van der Waals surface area contributed by atoms with Gasteiger partial charge in [-0.05, 0) is 24.6 Å². The Morgan fingerprint density at radius 1 is 1.32 bits per heavy atom. The lowest BCUT2D eigenvalue weighted by atomic mass is 9.85. The van der Waals surface area contributed by atoms with Gasteiger partial charge in [0.1, 0.15) is 11.4 Å². The first-order valence-corrected chi connectivity index (χ1v) is 8.64. The van der Waals surface area contributed by atoms with Gasteiger partial charge in [0, 0.05) is 44.1 Å². The van der Waals surface area contributed by atoms with E-state index < -0.39 is 0 Å². The molecule has 3 heterocycles. The Kier molecular flexibility index (Phi) is 3.84. The van der Waals surface area contributed by atoms with Crippen LogP contribution in [0.3, 0.4) is 0 Å². The highest BCUT2D eigenvalue weighted by Crippen LogP contribution is 2.45. The molecule has 3 aliphatic heterocycles. The summed E-state index contributed by atoms with van der Waals surface area (Å²) >= 11 is 0. The molecule has 0 bridgehead atoms. The van der Waals surface area contributed by atoms with Gasteiger partial charge < -0.3 is 14.8 Å². The third-order valence-electron chi connectivity index (χ3n) is 5.43. The van der Waals surface area contributed by atoms with Crippen molar-refractivity contribution in [2.45, 2.75) is 37.8 Å². The molecular formula is C18H26N2O2. The number of morpholine rings is 1. The molecule has 22 heavy (non-hydrogen) atoms. The molecule has 4 rings (SSSR count). The van der Waals surface area contributed by atoms with Crippen molar-refractivity contribution in [3.8, 4) is 5.75 Å². The summed E-state index contributed by atoms with van der Waals surface area (Å²) in [6.07, 6.45) is 3.27. The van der Waals surface area contributed by atoms with Gasteiger partial charge in [0.25, 0.3) is 0 Å². The number of aryl methyl sites for hydroxylation is 1. The Labute approximate surface area is 132 Å². The van der Waals surface area contributed by atoms with Crippen LogP contribution in [0.15, 0.2) is 18.2 Å². The van der Waals surface area contributed by atoms with Crippen molar-refractivity contribution in [3.05, 3.63) is 29.3 Å². The van der Waals surface area contributed by atoms with E-state index in [0.29, 0.717) is 6.04 Å². The molecule has 0 amide bonds. The summed E-state index contributed by atoms with van der Waals surface area (Å²) in [6, 6.07) is 7.30. The average molecular weight is 302 g/mol. The van der Waals surface area contributed by atoms with Gasteiger partial charge in [-0.2, -0.15) is 0 Å². The number of nitrogens with zero attached hydrogens (tertiary/aromatic N) is 1. The van der Waals surface area contributed by atoms with Crippen molar-refractivity contribution in [1.82, 2.24) is 10.2 Å². The van der Waals surface area contributed by atoms with Crippen LogP contribution in [-0.4, -0.2) is 49.9 Å². The van der Waals surface area contributed by atoms with Crippen LogP contribution >= 0.6 is 0 Å². The predicted molar refractivity (Wildman–Crippen MR) is 86.4 cm³/mol. The second-order valence-electron chi connectivity index (χ2n) is 6.81.